The molecule has 0 saturated carbocycles. The van der Waals surface area contributed by atoms with Crippen molar-refractivity contribution in [3.63, 3.8) is 0 Å². The molecule has 0 aromatic carbocycles. The van der Waals surface area contributed by atoms with Crippen LogP contribution in [0, 0.1) is 0 Å². The maximum atomic E-state index is 5.90. The van der Waals surface area contributed by atoms with Crippen LogP contribution in [-0.2, 0) is 17.9 Å². The first-order valence-corrected chi connectivity index (χ1v) is 4.45. The monoisotopic (exact) mass is 188 g/mol. The van der Waals surface area contributed by atoms with E-state index in [1.54, 1.807) is 4.68 Å². The molecule has 0 unspecified atom stereocenters. The predicted molar refractivity (Wildman–Crippen MR) is 48.2 cm³/mol. The van der Waals surface area contributed by atoms with Gasteiger partial charge in [0.1, 0.15) is 5.69 Å². The van der Waals surface area contributed by atoms with Crippen molar-refractivity contribution in [2.75, 3.05) is 6.61 Å². The number of rotatable bonds is 4. The normalized spacial score (nSPS) is 10.6. The fourth-order valence-corrected chi connectivity index (χ4v) is 1.10. The Kier molecular flexibility index (Phi) is 3.56. The molecule has 68 valence electrons. The van der Waals surface area contributed by atoms with Crippen LogP contribution in [0.5, 0.6) is 0 Å². The minimum atomic E-state index is 0.502. The van der Waals surface area contributed by atoms with Gasteiger partial charge in [0.25, 0.3) is 0 Å². The van der Waals surface area contributed by atoms with Crippen molar-refractivity contribution in [3.05, 3.63) is 16.9 Å². The van der Waals surface area contributed by atoms with Crippen LogP contribution in [0.15, 0.2) is 6.20 Å². The summed E-state index contributed by atoms with van der Waals surface area (Å²) >= 11 is 5.90. The molecule has 3 nitrogen and oxygen atoms in total. The van der Waals surface area contributed by atoms with E-state index in [2.05, 4.69) is 5.10 Å². The number of ether oxygens (including phenoxy) is 1. The van der Waals surface area contributed by atoms with Gasteiger partial charge in [0, 0.05) is 19.3 Å². The van der Waals surface area contributed by atoms with Crippen LogP contribution in [0.2, 0.25) is 5.02 Å². The molecular formula is C8H13ClN2O. The van der Waals surface area contributed by atoms with E-state index in [9.17, 15) is 0 Å². The molecular weight excluding hydrogens is 176 g/mol. The SMILES string of the molecule is CCOCc1nn(CC)cc1Cl. The van der Waals surface area contributed by atoms with Gasteiger partial charge in [0.2, 0.25) is 0 Å². The summed E-state index contributed by atoms with van der Waals surface area (Å²) in [6.45, 7) is 6.00. The Morgan fingerprint density at radius 2 is 2.33 bits per heavy atom. The van der Waals surface area contributed by atoms with Crippen molar-refractivity contribution in [3.8, 4) is 0 Å². The van der Waals surface area contributed by atoms with Gasteiger partial charge >= 0.3 is 0 Å². The molecule has 4 heteroatoms. The Bertz CT molecular complexity index is 247. The van der Waals surface area contributed by atoms with Crippen LogP contribution in [-0.4, -0.2) is 16.4 Å². The highest BCUT2D eigenvalue weighted by Crippen LogP contribution is 2.14. The van der Waals surface area contributed by atoms with Crippen LogP contribution in [0.25, 0.3) is 0 Å². The van der Waals surface area contributed by atoms with E-state index in [4.69, 9.17) is 16.3 Å². The lowest BCUT2D eigenvalue weighted by Crippen LogP contribution is -1.97. The second kappa shape index (κ2) is 4.48. The number of nitrogens with zero attached hydrogens (tertiary/aromatic N) is 2. The van der Waals surface area contributed by atoms with E-state index in [1.165, 1.54) is 0 Å². The maximum Gasteiger partial charge on any atom is 0.107 e. The summed E-state index contributed by atoms with van der Waals surface area (Å²) in [5.41, 5.74) is 0.820. The molecule has 1 heterocycles. The van der Waals surface area contributed by atoms with Crippen LogP contribution < -0.4 is 0 Å². The minimum absolute atomic E-state index is 0.502. The molecule has 1 rings (SSSR count). The largest absolute Gasteiger partial charge is 0.375 e. The summed E-state index contributed by atoms with van der Waals surface area (Å²) < 4.78 is 7.00. The Morgan fingerprint density at radius 1 is 1.58 bits per heavy atom. The van der Waals surface area contributed by atoms with Gasteiger partial charge in [0.05, 0.1) is 11.6 Å². The molecule has 0 aliphatic carbocycles. The highest BCUT2D eigenvalue weighted by atomic mass is 35.5. The molecule has 0 saturated heterocycles. The summed E-state index contributed by atoms with van der Waals surface area (Å²) in [5, 5.41) is 4.91. The van der Waals surface area contributed by atoms with Gasteiger partial charge in [-0.25, -0.2) is 0 Å². The van der Waals surface area contributed by atoms with Crippen LogP contribution in [0.1, 0.15) is 19.5 Å². The highest BCUT2D eigenvalue weighted by Gasteiger charge is 2.04. The molecule has 0 fully saturated rings. The zero-order valence-corrected chi connectivity index (χ0v) is 8.14. The number of aromatic nitrogens is 2. The van der Waals surface area contributed by atoms with Crippen molar-refractivity contribution < 1.29 is 4.74 Å². The van der Waals surface area contributed by atoms with Crippen molar-refractivity contribution >= 4 is 11.6 Å². The molecule has 1 aromatic rings. The lowest BCUT2D eigenvalue weighted by Gasteiger charge is -1.96. The Hall–Kier alpha value is -0.540. The van der Waals surface area contributed by atoms with E-state index >= 15 is 0 Å². The maximum absolute atomic E-state index is 5.90. The van der Waals surface area contributed by atoms with E-state index < -0.39 is 0 Å². The second-order valence-electron chi connectivity index (χ2n) is 2.42. The lowest BCUT2D eigenvalue weighted by atomic mass is 10.5. The average molecular weight is 189 g/mol. The number of hydrogen-bond donors (Lipinski definition) is 0. The van der Waals surface area contributed by atoms with Crippen molar-refractivity contribution in [2.24, 2.45) is 0 Å². The lowest BCUT2D eigenvalue weighted by molar-refractivity contribution is 0.131. The van der Waals surface area contributed by atoms with Gasteiger partial charge in [-0.2, -0.15) is 5.10 Å². The Labute approximate surface area is 77.3 Å². The average Bonchev–Trinajstić information content (AvgIpc) is 2.43. The van der Waals surface area contributed by atoms with E-state index in [0.29, 0.717) is 18.2 Å². The zero-order valence-electron chi connectivity index (χ0n) is 7.38. The van der Waals surface area contributed by atoms with Crippen LogP contribution in [0.3, 0.4) is 0 Å². The van der Waals surface area contributed by atoms with E-state index in [1.807, 2.05) is 20.0 Å². The number of aryl methyl sites for hydroxylation is 1. The Morgan fingerprint density at radius 3 is 2.83 bits per heavy atom. The van der Waals surface area contributed by atoms with Gasteiger partial charge in [-0.15, -0.1) is 0 Å². The summed E-state index contributed by atoms with van der Waals surface area (Å²) in [7, 11) is 0. The first-order chi connectivity index (χ1) is 5.77. The summed E-state index contributed by atoms with van der Waals surface area (Å²) in [5.74, 6) is 0. The fourth-order valence-electron chi connectivity index (χ4n) is 0.896. The van der Waals surface area contributed by atoms with Gasteiger partial charge in [-0.1, -0.05) is 11.6 Å². The summed E-state index contributed by atoms with van der Waals surface area (Å²) in [6.07, 6.45) is 1.82. The molecule has 0 aliphatic rings. The standard InChI is InChI=1S/C8H13ClN2O/c1-3-11-5-7(9)8(10-11)6-12-4-2/h5H,3-4,6H2,1-2H3. The minimum Gasteiger partial charge on any atom is -0.375 e. The fraction of sp³-hybridized carbons (Fsp3) is 0.625. The third kappa shape index (κ3) is 2.22. The van der Waals surface area contributed by atoms with Gasteiger partial charge in [-0.3, -0.25) is 4.68 Å². The smallest absolute Gasteiger partial charge is 0.107 e. The summed E-state index contributed by atoms with van der Waals surface area (Å²) in [4.78, 5) is 0. The van der Waals surface area contributed by atoms with Crippen LogP contribution in [0.4, 0.5) is 0 Å². The third-order valence-corrected chi connectivity index (χ3v) is 1.87. The number of halogens is 1. The van der Waals surface area contributed by atoms with Gasteiger partial charge < -0.3 is 4.74 Å². The van der Waals surface area contributed by atoms with Crippen molar-refractivity contribution in [1.82, 2.24) is 9.78 Å². The predicted octanol–water partition coefficient (Wildman–Crippen LogP) is 2.09. The molecule has 0 spiro atoms. The number of hydrogen-bond acceptors (Lipinski definition) is 2. The quantitative estimate of drug-likeness (QED) is 0.724. The molecule has 0 aliphatic heterocycles. The van der Waals surface area contributed by atoms with Crippen molar-refractivity contribution in [1.29, 1.82) is 0 Å². The van der Waals surface area contributed by atoms with E-state index in [-0.39, 0.29) is 0 Å². The molecule has 0 amide bonds. The highest BCUT2D eigenvalue weighted by molar-refractivity contribution is 6.31. The van der Waals surface area contributed by atoms with Gasteiger partial charge in [0.15, 0.2) is 0 Å². The van der Waals surface area contributed by atoms with Crippen molar-refractivity contribution in [2.45, 2.75) is 27.0 Å². The van der Waals surface area contributed by atoms with Gasteiger partial charge in [-0.05, 0) is 13.8 Å². The molecule has 1 aromatic heterocycles. The molecule has 0 N–H and O–H groups in total. The second-order valence-corrected chi connectivity index (χ2v) is 2.82. The first-order valence-electron chi connectivity index (χ1n) is 4.07. The zero-order chi connectivity index (χ0) is 8.97. The third-order valence-electron chi connectivity index (χ3n) is 1.55. The summed E-state index contributed by atoms with van der Waals surface area (Å²) in [6, 6.07) is 0. The molecule has 0 radical (unpaired) electrons. The van der Waals surface area contributed by atoms with E-state index in [0.717, 1.165) is 12.2 Å². The molecule has 12 heavy (non-hydrogen) atoms. The molecule has 0 bridgehead atoms. The Balaban J connectivity index is 2.64. The molecule has 0 atom stereocenters. The topological polar surface area (TPSA) is 27.1 Å². The first kappa shape index (κ1) is 9.55. The van der Waals surface area contributed by atoms with Crippen LogP contribution >= 0.6 is 11.6 Å².